The van der Waals surface area contributed by atoms with Crippen molar-refractivity contribution in [1.82, 2.24) is 10.3 Å². The Morgan fingerprint density at radius 3 is 2.35 bits per heavy atom. The first-order valence-corrected chi connectivity index (χ1v) is 17.4. The Bertz CT molecular complexity index is 1620. The smallest absolute Gasteiger partial charge is 0.407 e. The van der Waals surface area contributed by atoms with Gasteiger partial charge < -0.3 is 34.1 Å². The molecule has 1 amide bonds. The van der Waals surface area contributed by atoms with Crippen LogP contribution in [0.25, 0.3) is 11.1 Å². The summed E-state index contributed by atoms with van der Waals surface area (Å²) >= 11 is 0. The van der Waals surface area contributed by atoms with Crippen molar-refractivity contribution in [2.24, 2.45) is 0 Å². The molecule has 3 aromatic rings. The maximum Gasteiger partial charge on any atom is 0.407 e. The van der Waals surface area contributed by atoms with Crippen LogP contribution >= 0.6 is 0 Å². The van der Waals surface area contributed by atoms with Gasteiger partial charge in [0.15, 0.2) is 5.78 Å². The zero-order valence-corrected chi connectivity index (χ0v) is 30.2. The van der Waals surface area contributed by atoms with Crippen molar-refractivity contribution in [3.05, 3.63) is 80.8 Å². The third-order valence-corrected chi connectivity index (χ3v) is 8.66. The minimum Gasteiger partial charge on any atom is -0.491 e. The fourth-order valence-corrected chi connectivity index (χ4v) is 6.24. The van der Waals surface area contributed by atoms with Crippen LogP contribution in [-0.4, -0.2) is 74.6 Å². The monoisotopic (exact) mass is 675 g/mol. The molecule has 0 unspecified atom stereocenters. The number of alkyl carbamates (subject to hydrolysis) is 1. The molecule has 1 aromatic heterocycles. The first kappa shape index (κ1) is 37.7. The van der Waals surface area contributed by atoms with Crippen LogP contribution in [-0.2, 0) is 20.6 Å². The number of pyridine rings is 1. The van der Waals surface area contributed by atoms with Crippen molar-refractivity contribution in [3.8, 4) is 16.9 Å². The number of hydrogen-bond donors (Lipinski definition) is 2. The number of ether oxygens (including phenoxy) is 4. The van der Waals surface area contributed by atoms with Gasteiger partial charge in [-0.1, -0.05) is 12.1 Å². The largest absolute Gasteiger partial charge is 0.491 e. The summed E-state index contributed by atoms with van der Waals surface area (Å²) in [6.45, 7) is 17.1. The maximum atomic E-state index is 13.9. The minimum atomic E-state index is -0.541. The molecular weight excluding hydrogens is 622 g/mol. The molecule has 2 aromatic carbocycles. The third kappa shape index (κ3) is 10.9. The fourth-order valence-electron chi connectivity index (χ4n) is 6.24. The highest BCUT2D eigenvalue weighted by molar-refractivity contribution is 6.00. The van der Waals surface area contributed by atoms with E-state index in [1.54, 1.807) is 0 Å². The number of hydrogen-bond acceptors (Lipinski definition) is 8. The number of H-pyrrole nitrogens is 1. The Labute approximate surface area is 290 Å². The number of nitrogens with zero attached hydrogens (tertiary/aromatic N) is 1. The summed E-state index contributed by atoms with van der Waals surface area (Å²) in [5, 5.41) is 2.67. The number of rotatable bonds is 15. The summed E-state index contributed by atoms with van der Waals surface area (Å²) in [7, 11) is 0. The molecule has 0 atom stereocenters. The van der Waals surface area contributed by atoms with E-state index in [2.05, 4.69) is 28.2 Å². The summed E-state index contributed by atoms with van der Waals surface area (Å²) in [4.78, 5) is 43.6. The highest BCUT2D eigenvalue weighted by Crippen LogP contribution is 2.35. The van der Waals surface area contributed by atoms with Crippen molar-refractivity contribution in [2.75, 3.05) is 51.0 Å². The Kier molecular flexibility index (Phi) is 13.4. The van der Waals surface area contributed by atoms with E-state index in [1.807, 2.05) is 77.9 Å². The number of carbonyl (C=O) groups is 2. The van der Waals surface area contributed by atoms with Crippen LogP contribution in [0.15, 0.2) is 47.3 Å². The van der Waals surface area contributed by atoms with Crippen LogP contribution in [0.1, 0.15) is 79.7 Å². The van der Waals surface area contributed by atoms with Gasteiger partial charge in [-0.25, -0.2) is 4.79 Å². The highest BCUT2D eigenvalue weighted by Gasteiger charge is 2.25. The van der Waals surface area contributed by atoms with E-state index in [0.717, 1.165) is 66.2 Å². The predicted octanol–water partition coefficient (Wildman–Crippen LogP) is 6.71. The average molecular weight is 676 g/mol. The number of benzene rings is 2. The molecule has 0 saturated carbocycles. The Balaban J connectivity index is 1.46. The molecule has 1 fully saturated rings. The summed E-state index contributed by atoms with van der Waals surface area (Å²) in [6, 6.07) is 14.3. The molecule has 0 spiro atoms. The van der Waals surface area contributed by atoms with E-state index in [9.17, 15) is 14.4 Å². The summed E-state index contributed by atoms with van der Waals surface area (Å²) in [5.74, 6) is 0.725. The number of Topliss-reactive ketones (excluding diaryl/α,β-unsaturated/α-hetero) is 1. The molecule has 10 nitrogen and oxygen atoms in total. The van der Waals surface area contributed by atoms with Gasteiger partial charge in [0, 0.05) is 61.3 Å². The number of carbonyl (C=O) groups excluding carboxylic acids is 2. The summed E-state index contributed by atoms with van der Waals surface area (Å²) in [5.41, 5.74) is 6.32. The molecule has 10 heteroatoms. The third-order valence-electron chi connectivity index (χ3n) is 8.66. The van der Waals surface area contributed by atoms with Gasteiger partial charge in [-0.3, -0.25) is 9.59 Å². The van der Waals surface area contributed by atoms with Gasteiger partial charge in [-0.05, 0) is 120 Å². The van der Waals surface area contributed by atoms with Crippen molar-refractivity contribution in [1.29, 1.82) is 0 Å². The molecule has 0 aliphatic carbocycles. The Morgan fingerprint density at radius 1 is 0.980 bits per heavy atom. The second kappa shape index (κ2) is 17.5. The van der Waals surface area contributed by atoms with Gasteiger partial charge in [-0.2, -0.15) is 0 Å². The number of anilines is 1. The number of aromatic amines is 1. The molecule has 4 rings (SSSR count). The quantitative estimate of drug-likeness (QED) is 0.135. The lowest BCUT2D eigenvalue weighted by Gasteiger charge is -2.37. The molecule has 1 saturated heterocycles. The van der Waals surface area contributed by atoms with Gasteiger partial charge in [0.25, 0.3) is 5.56 Å². The number of nitrogens with one attached hydrogen (secondary N) is 2. The maximum absolute atomic E-state index is 13.9. The summed E-state index contributed by atoms with van der Waals surface area (Å²) in [6.07, 6.45) is 2.03. The van der Waals surface area contributed by atoms with Crippen LogP contribution in [0, 0.1) is 20.8 Å². The van der Waals surface area contributed by atoms with E-state index >= 15 is 0 Å². The SMILES string of the molecule is CCN(c1cc(-c2ccc(OCCOCCNC(=O)OC(C)(C)C)cc2)cc(C(=O)CCc2c(C)cc(C)[nH]c2=O)c1C)C1CCOCC1. The number of ketones is 1. The van der Waals surface area contributed by atoms with Crippen LogP contribution in [0.5, 0.6) is 5.75 Å². The predicted molar refractivity (Wildman–Crippen MR) is 193 cm³/mol. The molecule has 0 radical (unpaired) electrons. The van der Waals surface area contributed by atoms with E-state index in [4.69, 9.17) is 18.9 Å². The van der Waals surface area contributed by atoms with Gasteiger partial charge >= 0.3 is 6.09 Å². The lowest BCUT2D eigenvalue weighted by molar-refractivity contribution is 0.0488. The topological polar surface area (TPSA) is 119 Å². The van der Waals surface area contributed by atoms with Gasteiger partial charge in [0.1, 0.15) is 18.0 Å². The van der Waals surface area contributed by atoms with Gasteiger partial charge in [0.05, 0.1) is 13.2 Å². The number of aromatic nitrogens is 1. The fraction of sp³-hybridized carbons (Fsp3) is 0.513. The highest BCUT2D eigenvalue weighted by atomic mass is 16.6. The molecular formula is C39H53N3O7. The van der Waals surface area contributed by atoms with E-state index in [-0.39, 0.29) is 17.8 Å². The molecule has 49 heavy (non-hydrogen) atoms. The van der Waals surface area contributed by atoms with Crippen molar-refractivity contribution in [2.45, 2.75) is 85.8 Å². The van der Waals surface area contributed by atoms with Gasteiger partial charge in [0.2, 0.25) is 0 Å². The van der Waals surface area contributed by atoms with Crippen LogP contribution in [0.2, 0.25) is 0 Å². The zero-order chi connectivity index (χ0) is 35.6. The van der Waals surface area contributed by atoms with Crippen molar-refractivity contribution < 1.29 is 28.5 Å². The second-order valence-electron chi connectivity index (χ2n) is 13.6. The van der Waals surface area contributed by atoms with E-state index < -0.39 is 11.7 Å². The standard InChI is InChI=1S/C39H53N3O7/c1-8-42(31-15-18-46-19-16-31)35-25-30(24-34(28(35)4)36(43)14-13-33-26(2)23-27(3)41-37(33)44)29-9-11-32(12-10-29)48-22-21-47-20-17-40-38(45)49-39(5,6)7/h9-12,23-25,31H,8,13-22H2,1-7H3,(H,40,45)(H,41,44). The molecule has 2 N–H and O–H groups in total. The van der Waals surface area contributed by atoms with Gasteiger partial charge in [-0.15, -0.1) is 0 Å². The number of amides is 1. The lowest BCUT2D eigenvalue weighted by atomic mass is 9.92. The normalized spacial score (nSPS) is 13.6. The molecule has 0 bridgehead atoms. The molecule has 1 aliphatic rings. The zero-order valence-electron chi connectivity index (χ0n) is 30.2. The Morgan fingerprint density at radius 2 is 1.69 bits per heavy atom. The lowest BCUT2D eigenvalue weighted by Crippen LogP contribution is -2.40. The molecule has 1 aliphatic heterocycles. The number of aryl methyl sites for hydroxylation is 2. The van der Waals surface area contributed by atoms with Crippen molar-refractivity contribution >= 4 is 17.6 Å². The van der Waals surface area contributed by atoms with Crippen LogP contribution in [0.3, 0.4) is 0 Å². The average Bonchev–Trinajstić information content (AvgIpc) is 3.05. The van der Waals surface area contributed by atoms with Crippen molar-refractivity contribution in [3.63, 3.8) is 0 Å². The molecule has 266 valence electrons. The Hall–Kier alpha value is -4.15. The first-order valence-electron chi connectivity index (χ1n) is 17.4. The van der Waals surface area contributed by atoms with E-state index in [0.29, 0.717) is 55.7 Å². The summed E-state index contributed by atoms with van der Waals surface area (Å²) < 4.78 is 22.3. The second-order valence-corrected chi connectivity index (χ2v) is 13.6. The van der Waals surface area contributed by atoms with Crippen LogP contribution < -0.4 is 20.5 Å². The molecule has 2 heterocycles. The first-order chi connectivity index (χ1) is 23.4. The minimum absolute atomic E-state index is 0.0178. The van der Waals surface area contributed by atoms with Crippen LogP contribution in [0.4, 0.5) is 10.5 Å². The van der Waals surface area contributed by atoms with E-state index in [1.165, 1.54) is 0 Å².